The van der Waals surface area contributed by atoms with Gasteiger partial charge in [0.15, 0.2) is 0 Å². The Morgan fingerprint density at radius 1 is 1.35 bits per heavy atom. The van der Waals surface area contributed by atoms with Crippen molar-refractivity contribution >= 4 is 0 Å². The van der Waals surface area contributed by atoms with Gasteiger partial charge in [-0.05, 0) is 50.5 Å². The molecular weight excluding hydrogens is 265 g/mol. The first kappa shape index (κ1) is 15.3. The molecule has 2 rings (SSSR count). The molecule has 112 valence electrons. The quantitative estimate of drug-likeness (QED) is 0.925. The van der Waals surface area contributed by atoms with Crippen molar-refractivity contribution in [2.24, 2.45) is 11.7 Å². The van der Waals surface area contributed by atoms with Crippen molar-refractivity contribution in [3.05, 3.63) is 35.4 Å². The average molecular weight is 286 g/mol. The molecule has 1 aromatic carbocycles. The van der Waals surface area contributed by atoms with Crippen molar-refractivity contribution in [2.45, 2.75) is 24.9 Å². The molecule has 2 N–H and O–H groups in total. The molecule has 0 bridgehead atoms. The number of nitrogens with two attached hydrogens (primary N) is 1. The molecule has 0 radical (unpaired) electrons. The van der Waals surface area contributed by atoms with Crippen molar-refractivity contribution < 1.29 is 13.2 Å². The van der Waals surface area contributed by atoms with E-state index in [1.807, 2.05) is 7.05 Å². The van der Waals surface area contributed by atoms with Crippen LogP contribution in [0.25, 0.3) is 0 Å². The van der Waals surface area contributed by atoms with E-state index < -0.39 is 11.7 Å². The van der Waals surface area contributed by atoms with E-state index in [1.54, 1.807) is 12.1 Å². The summed E-state index contributed by atoms with van der Waals surface area (Å²) in [5, 5.41) is 0. The molecule has 0 spiro atoms. The predicted octanol–water partition coefficient (Wildman–Crippen LogP) is 3.09. The fourth-order valence-corrected chi connectivity index (χ4v) is 3.19. The van der Waals surface area contributed by atoms with Crippen LogP contribution in [0.1, 0.15) is 29.9 Å². The Hall–Kier alpha value is -1.07. The molecule has 1 saturated heterocycles. The highest BCUT2D eigenvalue weighted by molar-refractivity contribution is 5.33. The molecule has 0 amide bonds. The first-order valence-corrected chi connectivity index (χ1v) is 6.98. The van der Waals surface area contributed by atoms with Gasteiger partial charge in [-0.1, -0.05) is 18.2 Å². The summed E-state index contributed by atoms with van der Waals surface area (Å²) < 4.78 is 39.4. The zero-order chi connectivity index (χ0) is 14.8. The van der Waals surface area contributed by atoms with E-state index in [2.05, 4.69) is 4.90 Å². The second-order valence-electron chi connectivity index (χ2n) is 5.59. The summed E-state index contributed by atoms with van der Waals surface area (Å²) in [6.45, 7) is 2.08. The van der Waals surface area contributed by atoms with Gasteiger partial charge in [-0.15, -0.1) is 0 Å². The number of piperidine rings is 1. The molecule has 1 aromatic rings. The summed E-state index contributed by atoms with van der Waals surface area (Å²) >= 11 is 0. The van der Waals surface area contributed by atoms with E-state index in [9.17, 15) is 13.2 Å². The normalized spacial score (nSPS) is 22.8. The number of hydrogen-bond donors (Lipinski definition) is 1. The molecule has 1 aliphatic rings. The van der Waals surface area contributed by atoms with Crippen LogP contribution in [0.4, 0.5) is 13.2 Å². The van der Waals surface area contributed by atoms with Crippen LogP contribution in [0.5, 0.6) is 0 Å². The fraction of sp³-hybridized carbons (Fsp3) is 0.600. The van der Waals surface area contributed by atoms with Gasteiger partial charge in [0.2, 0.25) is 0 Å². The lowest BCUT2D eigenvalue weighted by Gasteiger charge is -2.35. The lowest BCUT2D eigenvalue weighted by atomic mass is 9.79. The maximum Gasteiger partial charge on any atom is 0.416 e. The summed E-state index contributed by atoms with van der Waals surface area (Å²) in [5.41, 5.74) is 5.62. The van der Waals surface area contributed by atoms with Crippen LogP contribution in [0.3, 0.4) is 0 Å². The van der Waals surface area contributed by atoms with E-state index in [-0.39, 0.29) is 18.4 Å². The zero-order valence-electron chi connectivity index (χ0n) is 11.7. The summed E-state index contributed by atoms with van der Waals surface area (Å²) in [5.74, 6) is -0.0298. The van der Waals surface area contributed by atoms with Crippen molar-refractivity contribution in [1.82, 2.24) is 4.90 Å². The highest BCUT2D eigenvalue weighted by Crippen LogP contribution is 2.39. The maximum atomic E-state index is 13.1. The lowest BCUT2D eigenvalue weighted by Crippen LogP contribution is -2.37. The van der Waals surface area contributed by atoms with Gasteiger partial charge >= 0.3 is 6.18 Å². The topological polar surface area (TPSA) is 29.3 Å². The average Bonchev–Trinajstić information content (AvgIpc) is 2.39. The van der Waals surface area contributed by atoms with Crippen LogP contribution in [-0.2, 0) is 6.18 Å². The van der Waals surface area contributed by atoms with E-state index in [1.165, 1.54) is 6.07 Å². The Bertz CT molecular complexity index is 445. The molecule has 2 nitrogen and oxygen atoms in total. The molecular formula is C15H21F3N2. The molecule has 2 unspecified atom stereocenters. The first-order chi connectivity index (χ1) is 9.43. The zero-order valence-corrected chi connectivity index (χ0v) is 11.7. The van der Waals surface area contributed by atoms with Gasteiger partial charge in [-0.3, -0.25) is 0 Å². The lowest BCUT2D eigenvalue weighted by molar-refractivity contribution is -0.138. The van der Waals surface area contributed by atoms with Crippen LogP contribution < -0.4 is 5.73 Å². The molecule has 0 aromatic heterocycles. The SMILES string of the molecule is CN1CCCC(C(CN)c2ccccc2C(F)(F)F)C1. The number of likely N-dealkylation sites (tertiary alicyclic amines) is 1. The standard InChI is InChI=1S/C15H21F3N2/c1-20-8-4-5-11(10-20)13(9-19)12-6-2-3-7-14(12)15(16,17)18/h2-3,6-7,11,13H,4-5,8-10,19H2,1H3. The van der Waals surface area contributed by atoms with E-state index in [0.29, 0.717) is 5.56 Å². The Kier molecular flexibility index (Phi) is 4.70. The van der Waals surface area contributed by atoms with Crippen LogP contribution in [0.2, 0.25) is 0 Å². The summed E-state index contributed by atoms with van der Waals surface area (Å²) in [7, 11) is 2.01. The number of hydrogen-bond acceptors (Lipinski definition) is 2. The molecule has 1 fully saturated rings. The van der Waals surface area contributed by atoms with Gasteiger partial charge in [0.1, 0.15) is 0 Å². The molecule has 20 heavy (non-hydrogen) atoms. The highest BCUT2D eigenvalue weighted by atomic mass is 19.4. The third kappa shape index (κ3) is 3.33. The largest absolute Gasteiger partial charge is 0.416 e. The second-order valence-corrected chi connectivity index (χ2v) is 5.59. The summed E-state index contributed by atoms with van der Waals surface area (Å²) in [6, 6.07) is 5.84. The maximum absolute atomic E-state index is 13.1. The predicted molar refractivity (Wildman–Crippen MR) is 73.5 cm³/mol. The van der Waals surface area contributed by atoms with Gasteiger partial charge in [-0.25, -0.2) is 0 Å². The van der Waals surface area contributed by atoms with Gasteiger partial charge in [0, 0.05) is 12.5 Å². The number of benzene rings is 1. The van der Waals surface area contributed by atoms with Crippen LogP contribution in [0.15, 0.2) is 24.3 Å². The smallest absolute Gasteiger partial charge is 0.330 e. The van der Waals surface area contributed by atoms with Gasteiger partial charge in [0.05, 0.1) is 5.56 Å². The minimum absolute atomic E-state index is 0.197. The van der Waals surface area contributed by atoms with Gasteiger partial charge < -0.3 is 10.6 Å². The number of nitrogens with zero attached hydrogens (tertiary/aromatic N) is 1. The minimum Gasteiger partial charge on any atom is -0.330 e. The number of rotatable bonds is 3. The number of halogens is 3. The molecule has 5 heteroatoms. The van der Waals surface area contributed by atoms with Crippen molar-refractivity contribution in [3.63, 3.8) is 0 Å². The highest BCUT2D eigenvalue weighted by Gasteiger charge is 2.37. The fourth-order valence-electron chi connectivity index (χ4n) is 3.19. The summed E-state index contributed by atoms with van der Waals surface area (Å²) in [4.78, 5) is 2.17. The molecule has 2 atom stereocenters. The van der Waals surface area contributed by atoms with Crippen LogP contribution in [-0.4, -0.2) is 31.6 Å². The van der Waals surface area contributed by atoms with E-state index in [0.717, 1.165) is 32.0 Å². The second kappa shape index (κ2) is 6.14. The third-order valence-corrected chi connectivity index (χ3v) is 4.15. The molecule has 0 aliphatic carbocycles. The Balaban J connectivity index is 2.32. The summed E-state index contributed by atoms with van der Waals surface area (Å²) in [6.07, 6.45) is -2.35. The number of alkyl halides is 3. The van der Waals surface area contributed by atoms with Crippen molar-refractivity contribution in [2.75, 3.05) is 26.7 Å². The van der Waals surface area contributed by atoms with Crippen molar-refractivity contribution in [3.8, 4) is 0 Å². The van der Waals surface area contributed by atoms with Crippen molar-refractivity contribution in [1.29, 1.82) is 0 Å². The molecule has 1 aliphatic heterocycles. The molecule has 0 saturated carbocycles. The van der Waals surface area contributed by atoms with E-state index in [4.69, 9.17) is 5.73 Å². The monoisotopic (exact) mass is 286 g/mol. The molecule has 1 heterocycles. The minimum atomic E-state index is -4.31. The Labute approximate surface area is 117 Å². The first-order valence-electron chi connectivity index (χ1n) is 6.98. The van der Waals surface area contributed by atoms with Crippen LogP contribution in [0, 0.1) is 5.92 Å². The Morgan fingerprint density at radius 3 is 2.65 bits per heavy atom. The van der Waals surface area contributed by atoms with Gasteiger partial charge in [-0.2, -0.15) is 13.2 Å². The Morgan fingerprint density at radius 2 is 2.05 bits per heavy atom. The third-order valence-electron chi connectivity index (χ3n) is 4.15. The van der Waals surface area contributed by atoms with E-state index >= 15 is 0 Å². The van der Waals surface area contributed by atoms with Crippen LogP contribution >= 0.6 is 0 Å². The van der Waals surface area contributed by atoms with Gasteiger partial charge in [0.25, 0.3) is 0 Å².